The molecule has 0 aliphatic rings. The van der Waals surface area contributed by atoms with E-state index >= 15 is 0 Å². The number of hydrogen-bond donors (Lipinski definition) is 4. The quantitative estimate of drug-likeness (QED) is 0.165. The molecule has 0 radical (unpaired) electrons. The summed E-state index contributed by atoms with van der Waals surface area (Å²) >= 11 is 3.65. The molecule has 74 valence electrons. The second-order valence-corrected chi connectivity index (χ2v) is 2.78. The summed E-state index contributed by atoms with van der Waals surface area (Å²) in [6.45, 7) is 0. The van der Waals surface area contributed by atoms with Gasteiger partial charge in [-0.1, -0.05) is 0 Å². The van der Waals surface area contributed by atoms with Crippen LogP contribution in [0.15, 0.2) is 0 Å². The maximum Gasteiger partial charge on any atom is 1.00 e. The molecule has 10 heteroatoms. The van der Waals surface area contributed by atoms with E-state index in [4.69, 9.17) is 28.4 Å². The predicted octanol–water partition coefficient (Wildman–Crippen LogP) is -4.66. The van der Waals surface area contributed by atoms with Gasteiger partial charge in [-0.3, -0.25) is 9.35 Å². The number of hydrogen-bond acceptors (Lipinski definition) is 6. The van der Waals surface area contributed by atoms with Crippen LogP contribution in [0.4, 0.5) is 0 Å². The molecule has 0 heterocycles. The fraction of sp³-hybridized carbons (Fsp3) is 0.667. The molecule has 0 spiro atoms. The molecule has 0 fully saturated rings. The van der Waals surface area contributed by atoms with Gasteiger partial charge in [0.15, 0.2) is 0 Å². The zero-order valence-corrected chi connectivity index (χ0v) is 10.5. The molecule has 0 aliphatic heterocycles. The van der Waals surface area contributed by atoms with Crippen molar-refractivity contribution in [2.45, 2.75) is 6.04 Å². The van der Waals surface area contributed by atoms with E-state index in [0.717, 1.165) is 0 Å². The Labute approximate surface area is 103 Å². The Hall–Kier alpha value is 0.650. The average molecular weight is 241 g/mol. The van der Waals surface area contributed by atoms with Crippen molar-refractivity contribution in [2.24, 2.45) is 5.73 Å². The molecular weight excluding hydrogens is 233 g/mol. The van der Waals surface area contributed by atoms with Crippen LogP contribution in [0.5, 0.6) is 0 Å². The van der Waals surface area contributed by atoms with Crippen molar-refractivity contribution < 1.29 is 57.0 Å². The topological polar surface area (TPSA) is 141 Å². The van der Waals surface area contributed by atoms with E-state index in [1.807, 2.05) is 0 Å². The maximum absolute atomic E-state index is 9.76. The molecule has 0 saturated carbocycles. The summed E-state index contributed by atoms with van der Waals surface area (Å²) in [7, 11) is -4.92. The van der Waals surface area contributed by atoms with Gasteiger partial charge in [-0.25, -0.2) is 8.42 Å². The van der Waals surface area contributed by atoms with Crippen molar-refractivity contribution in [1.29, 1.82) is 0 Å². The number of carboxylic acid groups (broad SMARTS) is 1. The third kappa shape index (κ3) is 32.4. The largest absolute Gasteiger partial charge is 1.00 e. The van der Waals surface area contributed by atoms with Gasteiger partial charge in [0.05, 0.1) is 0 Å². The SMILES string of the molecule is NC(CS)C(=O)O.O=S(=O)([O-])O.[Na+]. The first-order valence-corrected chi connectivity index (χ1v) is 4.45. The molecule has 0 aromatic rings. The average Bonchev–Trinajstić information content (AvgIpc) is 1.82. The Balaban J connectivity index is -0.000000150. The number of thiol groups is 1. The summed E-state index contributed by atoms with van der Waals surface area (Å²) in [5, 5.41) is 8.01. The van der Waals surface area contributed by atoms with Gasteiger partial charge in [0, 0.05) is 5.75 Å². The van der Waals surface area contributed by atoms with Crippen LogP contribution in [0.3, 0.4) is 0 Å². The predicted molar refractivity (Wildman–Crippen MR) is 41.8 cm³/mol. The van der Waals surface area contributed by atoms with Gasteiger partial charge in [0.1, 0.15) is 6.04 Å². The maximum atomic E-state index is 9.76. The van der Waals surface area contributed by atoms with Crippen molar-refractivity contribution in [3.05, 3.63) is 0 Å². The Morgan fingerprint density at radius 2 is 1.85 bits per heavy atom. The minimum Gasteiger partial charge on any atom is -0.726 e. The van der Waals surface area contributed by atoms with E-state index in [1.165, 1.54) is 0 Å². The van der Waals surface area contributed by atoms with Gasteiger partial charge in [-0.15, -0.1) is 0 Å². The Morgan fingerprint density at radius 1 is 1.62 bits per heavy atom. The van der Waals surface area contributed by atoms with E-state index in [0.29, 0.717) is 0 Å². The van der Waals surface area contributed by atoms with Crippen LogP contribution < -0.4 is 35.3 Å². The summed E-state index contributed by atoms with van der Waals surface area (Å²) in [5.41, 5.74) is 4.94. The fourth-order valence-electron chi connectivity index (χ4n) is 0.0781. The minimum absolute atomic E-state index is 0. The Morgan fingerprint density at radius 3 is 1.85 bits per heavy atom. The zero-order valence-electron chi connectivity index (χ0n) is 6.74. The first-order chi connectivity index (χ1) is 5.18. The first-order valence-electron chi connectivity index (χ1n) is 2.46. The van der Waals surface area contributed by atoms with Gasteiger partial charge < -0.3 is 15.4 Å². The van der Waals surface area contributed by atoms with Gasteiger partial charge in [0.2, 0.25) is 10.4 Å². The molecule has 0 rings (SSSR count). The number of nitrogens with two attached hydrogens (primary N) is 1. The second kappa shape index (κ2) is 9.21. The smallest absolute Gasteiger partial charge is 0.726 e. The molecule has 0 aliphatic carbocycles. The Bertz CT molecular complexity index is 220. The molecule has 1 unspecified atom stereocenters. The Kier molecular flexibility index (Phi) is 13.7. The molecule has 4 N–H and O–H groups in total. The van der Waals surface area contributed by atoms with Gasteiger partial charge in [0.25, 0.3) is 0 Å². The van der Waals surface area contributed by atoms with Gasteiger partial charge in [-0.2, -0.15) is 12.6 Å². The van der Waals surface area contributed by atoms with E-state index in [9.17, 15) is 4.79 Å². The van der Waals surface area contributed by atoms with Crippen LogP contribution in [0.2, 0.25) is 0 Å². The van der Waals surface area contributed by atoms with Crippen molar-refractivity contribution >= 4 is 29.0 Å². The van der Waals surface area contributed by atoms with Crippen LogP contribution in [0.25, 0.3) is 0 Å². The summed E-state index contributed by atoms with van der Waals surface area (Å²) < 4.78 is 32.8. The van der Waals surface area contributed by atoms with Crippen LogP contribution in [0.1, 0.15) is 0 Å². The van der Waals surface area contributed by atoms with Crippen molar-refractivity contribution in [3.8, 4) is 0 Å². The number of rotatable bonds is 2. The van der Waals surface area contributed by atoms with Crippen molar-refractivity contribution in [3.63, 3.8) is 0 Å². The monoisotopic (exact) mass is 241 g/mol. The molecule has 7 nitrogen and oxygen atoms in total. The van der Waals surface area contributed by atoms with Crippen LogP contribution in [-0.2, 0) is 15.2 Å². The fourth-order valence-corrected chi connectivity index (χ4v) is 0.234. The number of aliphatic carboxylic acids is 1. The van der Waals surface area contributed by atoms with E-state index in [2.05, 4.69) is 12.6 Å². The molecule has 0 saturated heterocycles. The summed E-state index contributed by atoms with van der Waals surface area (Å²) in [6.07, 6.45) is 0. The third-order valence-electron chi connectivity index (χ3n) is 0.514. The van der Waals surface area contributed by atoms with Crippen LogP contribution in [0, 0.1) is 0 Å². The van der Waals surface area contributed by atoms with E-state index in [1.54, 1.807) is 0 Å². The standard InChI is InChI=1S/C3H7NO2S.Na.H2O4S/c4-2(1-7)3(5)6;;1-5(2,3)4/h2,7H,1,4H2,(H,5,6);;(H2,1,2,3,4)/q;+1;/p-1. The summed E-state index contributed by atoms with van der Waals surface area (Å²) in [5.74, 6) is -0.815. The molecule has 0 aromatic carbocycles. The molecule has 1 atom stereocenters. The molecule has 13 heavy (non-hydrogen) atoms. The zero-order chi connectivity index (χ0) is 10.4. The molecular formula is C3H8NNaO6S2. The van der Waals surface area contributed by atoms with Gasteiger partial charge in [-0.05, 0) is 0 Å². The number of carbonyl (C=O) groups is 1. The molecule has 0 amide bonds. The minimum atomic E-state index is -4.92. The summed E-state index contributed by atoms with van der Waals surface area (Å²) in [6, 6.07) is -0.816. The summed E-state index contributed by atoms with van der Waals surface area (Å²) in [4.78, 5) is 9.76. The van der Waals surface area contributed by atoms with E-state index in [-0.39, 0.29) is 35.3 Å². The van der Waals surface area contributed by atoms with Crippen LogP contribution in [-0.4, -0.2) is 40.4 Å². The third-order valence-corrected chi connectivity index (χ3v) is 0.907. The molecule has 0 aromatic heterocycles. The van der Waals surface area contributed by atoms with Gasteiger partial charge >= 0.3 is 35.5 Å². The van der Waals surface area contributed by atoms with Crippen molar-refractivity contribution in [1.82, 2.24) is 0 Å². The van der Waals surface area contributed by atoms with E-state index < -0.39 is 22.4 Å². The van der Waals surface area contributed by atoms with Crippen molar-refractivity contribution in [2.75, 3.05) is 5.75 Å². The number of carboxylic acids is 1. The van der Waals surface area contributed by atoms with Crippen LogP contribution >= 0.6 is 12.6 Å². The molecule has 0 bridgehead atoms. The normalized spacial score (nSPS) is 11.7. The second-order valence-electron chi connectivity index (χ2n) is 1.56. The first kappa shape index (κ1) is 19.3.